The Balaban J connectivity index is 1.92. The summed E-state index contributed by atoms with van der Waals surface area (Å²) in [4.78, 5) is 37.3. The number of hydrogen-bond acceptors (Lipinski definition) is 5. The first-order valence-corrected chi connectivity index (χ1v) is 9.48. The van der Waals surface area contributed by atoms with Gasteiger partial charge >= 0.3 is 11.6 Å². The number of aliphatic carboxylic acids is 1. The first-order chi connectivity index (χ1) is 14.1. The van der Waals surface area contributed by atoms with E-state index < -0.39 is 23.0 Å². The number of rotatable bonds is 6. The van der Waals surface area contributed by atoms with Crippen molar-refractivity contribution in [1.29, 1.82) is 0 Å². The monoisotopic (exact) mass is 408 g/mol. The van der Waals surface area contributed by atoms with Crippen molar-refractivity contribution in [2.45, 2.75) is 26.3 Å². The zero-order valence-corrected chi connectivity index (χ0v) is 17.4. The molecule has 156 valence electrons. The molecule has 0 saturated heterocycles. The fraction of sp³-hybridized carbons (Fsp3) is 0.261. The Morgan fingerprint density at radius 2 is 1.80 bits per heavy atom. The lowest BCUT2D eigenvalue weighted by Crippen LogP contribution is -2.52. The largest absolute Gasteiger partial charge is 0.480 e. The van der Waals surface area contributed by atoms with Gasteiger partial charge in [-0.25, -0.2) is 9.59 Å². The van der Waals surface area contributed by atoms with E-state index in [0.29, 0.717) is 11.3 Å². The SMILES string of the molecule is Cc1ccccc1-c1cc(=O)oc2cc(N(C)CC(=O)NC(C)(C)C(=O)O)ccc12. The highest BCUT2D eigenvalue weighted by molar-refractivity contribution is 5.96. The lowest BCUT2D eigenvalue weighted by molar-refractivity contribution is -0.145. The minimum atomic E-state index is -1.36. The van der Waals surface area contributed by atoms with Gasteiger partial charge in [0.2, 0.25) is 5.91 Å². The number of likely N-dealkylation sites (N-methyl/N-ethyl adjacent to an activating group) is 1. The van der Waals surface area contributed by atoms with Gasteiger partial charge in [-0.05, 0) is 44.0 Å². The number of amides is 1. The lowest BCUT2D eigenvalue weighted by Gasteiger charge is -2.24. The zero-order valence-electron chi connectivity index (χ0n) is 17.4. The number of carbonyl (C=O) groups excluding carboxylic acids is 1. The molecular weight excluding hydrogens is 384 g/mol. The van der Waals surface area contributed by atoms with Crippen LogP contribution in [-0.4, -0.2) is 36.1 Å². The van der Waals surface area contributed by atoms with Crippen molar-refractivity contribution < 1.29 is 19.1 Å². The number of carboxylic acids is 1. The normalized spacial score (nSPS) is 11.3. The van der Waals surface area contributed by atoms with Gasteiger partial charge in [-0.1, -0.05) is 24.3 Å². The van der Waals surface area contributed by atoms with Gasteiger partial charge in [0, 0.05) is 35.8 Å². The van der Waals surface area contributed by atoms with Crippen molar-refractivity contribution >= 4 is 28.5 Å². The van der Waals surface area contributed by atoms with Crippen LogP contribution in [0.3, 0.4) is 0 Å². The van der Waals surface area contributed by atoms with Crippen LogP contribution in [0.4, 0.5) is 5.69 Å². The quantitative estimate of drug-likeness (QED) is 0.608. The number of fused-ring (bicyclic) bond motifs is 1. The summed E-state index contributed by atoms with van der Waals surface area (Å²) in [6.45, 7) is 4.77. The van der Waals surface area contributed by atoms with Crippen LogP contribution in [0.2, 0.25) is 0 Å². The first kappa shape index (κ1) is 21.1. The smallest absolute Gasteiger partial charge is 0.336 e. The summed E-state index contributed by atoms with van der Waals surface area (Å²) in [5.74, 6) is -1.55. The van der Waals surface area contributed by atoms with Gasteiger partial charge in [-0.3, -0.25) is 4.79 Å². The van der Waals surface area contributed by atoms with Gasteiger partial charge in [0.1, 0.15) is 11.1 Å². The molecule has 3 aromatic rings. The Morgan fingerprint density at radius 1 is 1.10 bits per heavy atom. The summed E-state index contributed by atoms with van der Waals surface area (Å²) in [6, 6.07) is 14.7. The highest BCUT2D eigenvalue weighted by Gasteiger charge is 2.29. The molecule has 7 heteroatoms. The molecule has 0 spiro atoms. The van der Waals surface area contributed by atoms with E-state index in [0.717, 1.165) is 22.1 Å². The Kier molecular flexibility index (Phi) is 5.64. The van der Waals surface area contributed by atoms with Gasteiger partial charge in [0.05, 0.1) is 6.54 Å². The molecule has 0 atom stereocenters. The van der Waals surface area contributed by atoms with Crippen LogP contribution in [-0.2, 0) is 9.59 Å². The van der Waals surface area contributed by atoms with Crippen molar-refractivity contribution in [3.05, 3.63) is 64.5 Å². The molecule has 0 bridgehead atoms. The highest BCUT2D eigenvalue weighted by Crippen LogP contribution is 2.31. The molecule has 1 amide bonds. The summed E-state index contributed by atoms with van der Waals surface area (Å²) >= 11 is 0. The minimum Gasteiger partial charge on any atom is -0.480 e. The second-order valence-corrected chi connectivity index (χ2v) is 7.81. The number of hydrogen-bond donors (Lipinski definition) is 2. The number of nitrogens with one attached hydrogen (secondary N) is 1. The van der Waals surface area contributed by atoms with Crippen LogP contribution >= 0.6 is 0 Å². The maximum absolute atomic E-state index is 12.3. The van der Waals surface area contributed by atoms with E-state index >= 15 is 0 Å². The number of anilines is 1. The third kappa shape index (κ3) is 4.35. The number of carbonyl (C=O) groups is 2. The number of benzene rings is 2. The maximum atomic E-state index is 12.3. The molecule has 0 fully saturated rings. The molecule has 0 saturated carbocycles. The van der Waals surface area contributed by atoms with Crippen LogP contribution in [0.25, 0.3) is 22.1 Å². The fourth-order valence-corrected chi connectivity index (χ4v) is 3.24. The summed E-state index contributed by atoms with van der Waals surface area (Å²) in [5.41, 5.74) is 2.04. The van der Waals surface area contributed by atoms with Crippen molar-refractivity contribution in [3.8, 4) is 11.1 Å². The standard InChI is InChI=1S/C23H24N2O5/c1-14-7-5-6-8-16(14)18-12-21(27)30-19-11-15(9-10-17(18)19)25(4)13-20(26)24-23(2,3)22(28)29/h5-12H,13H2,1-4H3,(H,24,26)(H,28,29). The molecule has 0 aliphatic carbocycles. The van der Waals surface area contributed by atoms with E-state index in [9.17, 15) is 14.4 Å². The number of nitrogens with zero attached hydrogens (tertiary/aromatic N) is 1. The van der Waals surface area contributed by atoms with Crippen molar-refractivity contribution in [1.82, 2.24) is 5.32 Å². The molecule has 2 N–H and O–H groups in total. The van der Waals surface area contributed by atoms with E-state index in [-0.39, 0.29) is 6.54 Å². The maximum Gasteiger partial charge on any atom is 0.336 e. The molecule has 1 aromatic heterocycles. The van der Waals surface area contributed by atoms with Gasteiger partial charge < -0.3 is 19.7 Å². The average Bonchev–Trinajstić information content (AvgIpc) is 2.66. The van der Waals surface area contributed by atoms with Crippen LogP contribution in [0.1, 0.15) is 19.4 Å². The van der Waals surface area contributed by atoms with E-state index in [2.05, 4.69) is 5.32 Å². The predicted octanol–water partition coefficient (Wildman–Crippen LogP) is 3.18. The molecule has 0 aliphatic heterocycles. The number of aryl methyl sites for hydroxylation is 1. The Bertz CT molecular complexity index is 1180. The van der Waals surface area contributed by atoms with E-state index in [1.54, 1.807) is 18.0 Å². The average molecular weight is 408 g/mol. The minimum absolute atomic E-state index is 0.0517. The molecule has 3 rings (SSSR count). The van der Waals surface area contributed by atoms with Crippen molar-refractivity contribution in [2.24, 2.45) is 0 Å². The van der Waals surface area contributed by atoms with E-state index in [1.165, 1.54) is 19.9 Å². The second kappa shape index (κ2) is 8.02. The predicted molar refractivity (Wildman–Crippen MR) is 116 cm³/mol. The molecule has 1 heterocycles. The fourth-order valence-electron chi connectivity index (χ4n) is 3.24. The van der Waals surface area contributed by atoms with Crippen molar-refractivity contribution in [2.75, 3.05) is 18.5 Å². The Labute approximate surface area is 173 Å². The topological polar surface area (TPSA) is 99.9 Å². The molecule has 2 aromatic carbocycles. The van der Waals surface area contributed by atoms with E-state index in [1.807, 2.05) is 43.3 Å². The summed E-state index contributed by atoms with van der Waals surface area (Å²) in [6.07, 6.45) is 0. The van der Waals surface area contributed by atoms with Gasteiger partial charge in [0.25, 0.3) is 0 Å². The van der Waals surface area contributed by atoms with Gasteiger partial charge in [-0.15, -0.1) is 0 Å². The van der Waals surface area contributed by atoms with Crippen molar-refractivity contribution in [3.63, 3.8) is 0 Å². The van der Waals surface area contributed by atoms with Gasteiger partial charge in [-0.2, -0.15) is 0 Å². The Hall–Kier alpha value is -3.61. The third-order valence-electron chi connectivity index (χ3n) is 4.97. The van der Waals surface area contributed by atoms with Crippen LogP contribution in [0, 0.1) is 6.92 Å². The van der Waals surface area contributed by atoms with Gasteiger partial charge in [0.15, 0.2) is 0 Å². The highest BCUT2D eigenvalue weighted by atomic mass is 16.4. The molecule has 30 heavy (non-hydrogen) atoms. The summed E-state index contributed by atoms with van der Waals surface area (Å²) < 4.78 is 5.41. The molecule has 0 aliphatic rings. The third-order valence-corrected chi connectivity index (χ3v) is 4.97. The molecule has 0 radical (unpaired) electrons. The molecular formula is C23H24N2O5. The van der Waals surface area contributed by atoms with Crippen LogP contribution in [0.15, 0.2) is 57.7 Å². The first-order valence-electron chi connectivity index (χ1n) is 9.48. The van der Waals surface area contributed by atoms with E-state index in [4.69, 9.17) is 9.52 Å². The Morgan fingerprint density at radius 3 is 2.47 bits per heavy atom. The summed E-state index contributed by atoms with van der Waals surface area (Å²) in [5, 5.41) is 12.4. The van der Waals surface area contributed by atoms with Crippen LogP contribution < -0.4 is 15.8 Å². The number of carboxylic acid groups (broad SMARTS) is 1. The second-order valence-electron chi connectivity index (χ2n) is 7.81. The zero-order chi connectivity index (χ0) is 22.1. The molecule has 0 unspecified atom stereocenters. The molecule has 7 nitrogen and oxygen atoms in total. The lowest BCUT2D eigenvalue weighted by atomic mass is 9.98. The van der Waals surface area contributed by atoms with Crippen LogP contribution in [0.5, 0.6) is 0 Å². The summed E-state index contributed by atoms with van der Waals surface area (Å²) in [7, 11) is 1.71.